The van der Waals surface area contributed by atoms with Crippen LogP contribution in [0.25, 0.3) is 0 Å². The minimum Gasteiger partial charge on any atom is -0.336 e. The van der Waals surface area contributed by atoms with Crippen LogP contribution in [-0.4, -0.2) is 54.5 Å². The first-order valence-corrected chi connectivity index (χ1v) is 12.4. The van der Waals surface area contributed by atoms with E-state index in [0.29, 0.717) is 19.5 Å². The Labute approximate surface area is 169 Å². The zero-order valence-electron chi connectivity index (χ0n) is 16.8. The highest BCUT2D eigenvalue weighted by atomic mass is 32.2. The number of hydrogen-bond donors (Lipinski definition) is 0. The molecule has 4 rings (SSSR count). The molecule has 4 atom stereocenters. The minimum absolute atomic E-state index is 0.112. The molecule has 3 aliphatic heterocycles. The predicted molar refractivity (Wildman–Crippen MR) is 110 cm³/mol. The van der Waals surface area contributed by atoms with Crippen molar-refractivity contribution >= 4 is 15.9 Å². The average molecular weight is 405 g/mol. The van der Waals surface area contributed by atoms with E-state index in [4.69, 9.17) is 0 Å². The maximum atomic E-state index is 12.9. The molecule has 28 heavy (non-hydrogen) atoms. The van der Waals surface area contributed by atoms with Crippen molar-refractivity contribution in [2.45, 2.75) is 64.0 Å². The van der Waals surface area contributed by atoms with Gasteiger partial charge < -0.3 is 4.90 Å². The van der Waals surface area contributed by atoms with Gasteiger partial charge in [0.25, 0.3) is 0 Å². The van der Waals surface area contributed by atoms with Gasteiger partial charge in [-0.3, -0.25) is 4.79 Å². The van der Waals surface area contributed by atoms with Crippen LogP contribution in [0.4, 0.5) is 0 Å². The van der Waals surface area contributed by atoms with Crippen molar-refractivity contribution in [3.63, 3.8) is 0 Å². The van der Waals surface area contributed by atoms with Gasteiger partial charge in [-0.15, -0.1) is 0 Å². The highest BCUT2D eigenvalue weighted by Gasteiger charge is 2.50. The van der Waals surface area contributed by atoms with Crippen LogP contribution in [0.5, 0.6) is 0 Å². The third kappa shape index (κ3) is 3.86. The van der Waals surface area contributed by atoms with Crippen LogP contribution < -0.4 is 0 Å². The molecule has 6 heteroatoms. The van der Waals surface area contributed by atoms with Gasteiger partial charge >= 0.3 is 0 Å². The molecular formula is C22H32N2O3S. The normalized spacial score (nSPS) is 30.9. The molecule has 0 saturated carbocycles. The number of sulfonamides is 1. The average Bonchev–Trinajstić information content (AvgIpc) is 2.70. The molecule has 2 bridgehead atoms. The van der Waals surface area contributed by atoms with Gasteiger partial charge in [0.05, 0.1) is 5.75 Å². The number of piperidine rings is 3. The Balaban J connectivity index is 1.62. The van der Waals surface area contributed by atoms with E-state index in [-0.39, 0.29) is 35.6 Å². The Morgan fingerprint density at radius 2 is 1.86 bits per heavy atom. The summed E-state index contributed by atoms with van der Waals surface area (Å²) in [5, 5.41) is 0. The van der Waals surface area contributed by atoms with Gasteiger partial charge in [-0.1, -0.05) is 43.7 Å². The van der Waals surface area contributed by atoms with Crippen molar-refractivity contribution in [2.24, 2.45) is 11.8 Å². The number of unbranched alkanes of at least 4 members (excludes halogenated alkanes) is 1. The number of nitrogens with zero attached hydrogens (tertiary/aromatic N) is 2. The summed E-state index contributed by atoms with van der Waals surface area (Å²) in [6, 6.07) is 10.6. The van der Waals surface area contributed by atoms with Gasteiger partial charge in [-0.2, -0.15) is 0 Å². The summed E-state index contributed by atoms with van der Waals surface area (Å²) in [5.74, 6) is 1.04. The molecule has 0 aliphatic carbocycles. The number of amides is 1. The molecule has 3 saturated heterocycles. The molecule has 0 aromatic heterocycles. The number of rotatable bonds is 6. The Hall–Kier alpha value is -1.40. The molecule has 0 radical (unpaired) electrons. The lowest BCUT2D eigenvalue weighted by atomic mass is 9.71. The van der Waals surface area contributed by atoms with E-state index in [0.717, 1.165) is 38.5 Å². The van der Waals surface area contributed by atoms with E-state index in [1.54, 1.807) is 4.31 Å². The number of fused-ring (bicyclic) bond motifs is 4. The lowest BCUT2D eigenvalue weighted by Crippen LogP contribution is -2.66. The molecule has 1 aromatic carbocycles. The molecule has 5 nitrogen and oxygen atoms in total. The maximum absolute atomic E-state index is 12.9. The fraction of sp³-hybridized carbons (Fsp3) is 0.682. The quantitative estimate of drug-likeness (QED) is 0.732. The first-order chi connectivity index (χ1) is 13.5. The molecule has 3 aliphatic rings. The number of carbonyl (C=O) groups excluding carboxylic acids is 1. The van der Waals surface area contributed by atoms with E-state index in [2.05, 4.69) is 17.0 Å². The van der Waals surface area contributed by atoms with E-state index < -0.39 is 10.0 Å². The number of carbonyl (C=O) groups is 1. The topological polar surface area (TPSA) is 57.7 Å². The fourth-order valence-corrected chi connectivity index (χ4v) is 7.28. The van der Waals surface area contributed by atoms with E-state index in [1.165, 1.54) is 5.56 Å². The first-order valence-electron chi connectivity index (χ1n) is 10.8. The summed E-state index contributed by atoms with van der Waals surface area (Å²) >= 11 is 0. The molecule has 1 aromatic rings. The second kappa shape index (κ2) is 8.15. The lowest BCUT2D eigenvalue weighted by Gasteiger charge is -2.56. The van der Waals surface area contributed by atoms with Crippen LogP contribution in [-0.2, 0) is 21.2 Å². The number of hydrogen-bond acceptors (Lipinski definition) is 3. The molecule has 154 valence electrons. The molecule has 0 spiro atoms. The summed E-state index contributed by atoms with van der Waals surface area (Å²) in [4.78, 5) is 15.0. The Morgan fingerprint density at radius 1 is 1.11 bits per heavy atom. The molecule has 3 fully saturated rings. The van der Waals surface area contributed by atoms with Crippen molar-refractivity contribution in [1.82, 2.24) is 9.21 Å². The van der Waals surface area contributed by atoms with Crippen molar-refractivity contribution in [3.8, 4) is 0 Å². The second-order valence-electron chi connectivity index (χ2n) is 8.76. The zero-order valence-corrected chi connectivity index (χ0v) is 17.6. The molecule has 0 N–H and O–H groups in total. The monoisotopic (exact) mass is 404 g/mol. The van der Waals surface area contributed by atoms with Crippen LogP contribution >= 0.6 is 0 Å². The van der Waals surface area contributed by atoms with Gasteiger partial charge in [0.15, 0.2) is 0 Å². The summed E-state index contributed by atoms with van der Waals surface area (Å²) in [6.45, 7) is 3.19. The zero-order chi connectivity index (χ0) is 19.7. The van der Waals surface area contributed by atoms with Gasteiger partial charge in [0.1, 0.15) is 0 Å². The minimum atomic E-state index is -3.21. The van der Waals surface area contributed by atoms with Crippen molar-refractivity contribution < 1.29 is 13.2 Å². The van der Waals surface area contributed by atoms with Crippen LogP contribution in [0, 0.1) is 11.8 Å². The molecule has 3 heterocycles. The van der Waals surface area contributed by atoms with Crippen LogP contribution in [0.2, 0.25) is 0 Å². The Kier molecular flexibility index (Phi) is 5.79. The fourth-order valence-electron chi connectivity index (χ4n) is 5.53. The maximum Gasteiger partial charge on any atom is 0.223 e. The predicted octanol–water partition coefficient (Wildman–Crippen LogP) is 3.06. The molecular weight excluding hydrogens is 372 g/mol. The van der Waals surface area contributed by atoms with Crippen molar-refractivity contribution in [3.05, 3.63) is 35.9 Å². The van der Waals surface area contributed by atoms with Gasteiger partial charge in [-0.05, 0) is 49.5 Å². The summed E-state index contributed by atoms with van der Waals surface area (Å²) in [5.41, 5.74) is 1.23. The van der Waals surface area contributed by atoms with E-state index in [1.807, 2.05) is 25.1 Å². The third-order valence-electron chi connectivity index (χ3n) is 6.90. The lowest BCUT2D eigenvalue weighted by molar-refractivity contribution is -0.150. The van der Waals surface area contributed by atoms with Gasteiger partial charge in [-0.25, -0.2) is 12.7 Å². The molecule has 0 unspecified atom stereocenters. The summed E-state index contributed by atoms with van der Waals surface area (Å²) < 4.78 is 27.6. The Morgan fingerprint density at radius 3 is 2.61 bits per heavy atom. The SMILES string of the molecule is CCCCS(=O)(=O)N1C[C@H]2C[C@@H](C1)[C@H](Cc1ccccc1)N1C(=O)CCC[C@@H]21. The Bertz CT molecular complexity index is 795. The van der Waals surface area contributed by atoms with Crippen LogP contribution in [0.15, 0.2) is 30.3 Å². The number of benzene rings is 1. The van der Waals surface area contributed by atoms with E-state index in [9.17, 15) is 13.2 Å². The summed E-state index contributed by atoms with van der Waals surface area (Å²) in [7, 11) is -3.21. The van der Waals surface area contributed by atoms with Gasteiger partial charge in [0, 0.05) is 31.6 Å². The van der Waals surface area contributed by atoms with Crippen molar-refractivity contribution in [2.75, 3.05) is 18.8 Å². The van der Waals surface area contributed by atoms with Crippen molar-refractivity contribution in [1.29, 1.82) is 0 Å². The first kappa shape index (κ1) is 19.9. The van der Waals surface area contributed by atoms with Gasteiger partial charge in [0.2, 0.25) is 15.9 Å². The standard InChI is InChI=1S/C22H32N2O3S/c1-2-3-12-28(26,27)23-15-18-14-19(16-23)21(13-17-8-5-4-6-9-17)24-20(18)10-7-11-22(24)25/h4-6,8-9,18-21H,2-3,7,10-16H2,1H3/t18-,19+,20+,21+/m1/s1. The molecule has 1 amide bonds. The third-order valence-corrected chi connectivity index (χ3v) is 8.79. The largest absolute Gasteiger partial charge is 0.336 e. The van der Waals surface area contributed by atoms with Crippen LogP contribution in [0.1, 0.15) is 51.0 Å². The van der Waals surface area contributed by atoms with Crippen LogP contribution in [0.3, 0.4) is 0 Å². The van der Waals surface area contributed by atoms with E-state index >= 15 is 0 Å². The second-order valence-corrected chi connectivity index (χ2v) is 10.8. The highest BCUT2D eigenvalue weighted by Crippen LogP contribution is 2.43. The highest BCUT2D eigenvalue weighted by molar-refractivity contribution is 7.89. The summed E-state index contributed by atoms with van der Waals surface area (Å²) in [6.07, 6.45) is 6.06. The smallest absolute Gasteiger partial charge is 0.223 e.